The minimum atomic E-state index is -4.61. The third kappa shape index (κ3) is 5.35. The highest BCUT2D eigenvalue weighted by Gasteiger charge is 2.45. The number of nitrogens with two attached hydrogens (primary N) is 1. The second-order valence-corrected chi connectivity index (χ2v) is 10.1. The zero-order valence-corrected chi connectivity index (χ0v) is 19.5. The molecule has 2 saturated heterocycles. The van der Waals surface area contributed by atoms with Gasteiger partial charge in [0.1, 0.15) is 5.82 Å². The van der Waals surface area contributed by atoms with Crippen molar-refractivity contribution in [1.29, 1.82) is 5.41 Å². The van der Waals surface area contributed by atoms with E-state index in [1.54, 1.807) is 6.08 Å². The van der Waals surface area contributed by atoms with Gasteiger partial charge >= 0.3 is 6.18 Å². The molecule has 9 heteroatoms. The molecule has 4 rings (SSSR count). The summed E-state index contributed by atoms with van der Waals surface area (Å²) in [5.41, 5.74) is 5.38. The van der Waals surface area contributed by atoms with E-state index < -0.39 is 17.6 Å². The van der Waals surface area contributed by atoms with Crippen molar-refractivity contribution in [2.45, 2.75) is 76.9 Å². The van der Waals surface area contributed by atoms with Crippen molar-refractivity contribution in [2.75, 3.05) is 18.9 Å². The lowest BCUT2D eigenvalue weighted by molar-refractivity contribution is -0.137. The number of rotatable bonds is 7. The van der Waals surface area contributed by atoms with E-state index in [2.05, 4.69) is 22.1 Å². The van der Waals surface area contributed by atoms with Crippen LogP contribution < -0.4 is 11.1 Å². The Bertz CT molecular complexity index is 916. The van der Waals surface area contributed by atoms with Gasteiger partial charge in [-0.2, -0.15) is 13.2 Å². The van der Waals surface area contributed by atoms with Gasteiger partial charge in [-0.3, -0.25) is 4.90 Å². The molecule has 33 heavy (non-hydrogen) atoms. The van der Waals surface area contributed by atoms with Gasteiger partial charge in [0.25, 0.3) is 0 Å². The number of allylic oxidation sites excluding steroid dienone is 2. The van der Waals surface area contributed by atoms with Gasteiger partial charge in [0.15, 0.2) is 0 Å². The van der Waals surface area contributed by atoms with E-state index in [4.69, 9.17) is 15.9 Å². The number of anilines is 1. The molecule has 4 N–H and O–H groups in total. The van der Waals surface area contributed by atoms with Crippen molar-refractivity contribution in [3.8, 4) is 0 Å². The second kappa shape index (κ2) is 9.25. The van der Waals surface area contributed by atoms with Gasteiger partial charge < -0.3 is 21.2 Å². The Hall–Kier alpha value is -2.13. The van der Waals surface area contributed by atoms with Gasteiger partial charge in [-0.1, -0.05) is 6.92 Å². The monoisotopic (exact) mass is 465 g/mol. The fourth-order valence-electron chi connectivity index (χ4n) is 5.65. The maximum atomic E-state index is 13.2. The molecule has 2 aliphatic heterocycles. The Labute approximate surface area is 193 Å². The average molecular weight is 466 g/mol. The third-order valence-electron chi connectivity index (χ3n) is 7.24. The lowest BCUT2D eigenvalue weighted by Gasteiger charge is -2.32. The molecule has 182 valence electrons. The summed E-state index contributed by atoms with van der Waals surface area (Å²) in [6, 6.07) is 2.16. The zero-order chi connectivity index (χ0) is 23.9. The van der Waals surface area contributed by atoms with Crippen LogP contribution in [0.25, 0.3) is 0 Å². The van der Waals surface area contributed by atoms with Crippen molar-refractivity contribution < 1.29 is 17.9 Å². The third-order valence-corrected chi connectivity index (χ3v) is 7.24. The molecule has 5 atom stereocenters. The SMILES string of the molecule is CC(C)N/C(=C\C(=N)c1cnc(N)c(C(F)(F)F)c1)C[C@@H]1C[C@H](N2C[C@@H]3C[C@H]2CO3)C[C@@H]1C. The van der Waals surface area contributed by atoms with E-state index in [1.165, 1.54) is 6.20 Å². The molecule has 3 aliphatic rings. The van der Waals surface area contributed by atoms with Gasteiger partial charge in [-0.15, -0.1) is 0 Å². The smallest absolute Gasteiger partial charge is 0.386 e. The van der Waals surface area contributed by atoms with Gasteiger partial charge in [-0.25, -0.2) is 4.98 Å². The molecular weight excluding hydrogens is 431 g/mol. The Morgan fingerprint density at radius 2 is 2.09 bits per heavy atom. The fourth-order valence-corrected chi connectivity index (χ4v) is 5.65. The van der Waals surface area contributed by atoms with E-state index in [9.17, 15) is 13.2 Å². The number of hydrogen-bond donors (Lipinski definition) is 3. The Morgan fingerprint density at radius 1 is 1.33 bits per heavy atom. The molecule has 1 saturated carbocycles. The lowest BCUT2D eigenvalue weighted by atomic mass is 9.92. The number of nitrogens with one attached hydrogen (secondary N) is 2. The molecular formula is C24H34F3N5O. The summed E-state index contributed by atoms with van der Waals surface area (Å²) in [6.07, 6.45) is 2.82. The van der Waals surface area contributed by atoms with Crippen molar-refractivity contribution in [2.24, 2.45) is 11.8 Å². The van der Waals surface area contributed by atoms with Crippen LogP contribution in [0.5, 0.6) is 0 Å². The van der Waals surface area contributed by atoms with Crippen LogP contribution in [0.15, 0.2) is 24.0 Å². The number of likely N-dealkylation sites (tertiary alicyclic amines) is 1. The highest BCUT2D eigenvalue weighted by molar-refractivity contribution is 6.06. The van der Waals surface area contributed by atoms with Crippen molar-refractivity contribution in [3.63, 3.8) is 0 Å². The number of halogens is 3. The first-order chi connectivity index (χ1) is 15.5. The largest absolute Gasteiger partial charge is 0.419 e. The first-order valence-electron chi connectivity index (χ1n) is 11.8. The van der Waals surface area contributed by atoms with Crippen LogP contribution in [0.4, 0.5) is 19.0 Å². The molecule has 0 unspecified atom stereocenters. The Balaban J connectivity index is 1.48. The normalized spacial score (nSPS) is 30.4. The maximum absolute atomic E-state index is 13.2. The molecule has 1 aromatic heterocycles. The van der Waals surface area contributed by atoms with E-state index in [-0.39, 0.29) is 17.3 Å². The Kier molecular flexibility index (Phi) is 6.73. The first kappa shape index (κ1) is 24.0. The van der Waals surface area contributed by atoms with E-state index >= 15 is 0 Å². The molecule has 0 radical (unpaired) electrons. The van der Waals surface area contributed by atoms with E-state index in [0.717, 1.165) is 50.6 Å². The maximum Gasteiger partial charge on any atom is 0.419 e. The summed E-state index contributed by atoms with van der Waals surface area (Å²) < 4.78 is 45.5. The van der Waals surface area contributed by atoms with E-state index in [0.29, 0.717) is 30.0 Å². The molecule has 0 spiro atoms. The standard InChI is InChI=1S/C24H34F3N5O/c1-13(2)31-17(8-22(28)16-7-21(24(25,26)27)23(29)30-10-16)5-15-6-18(4-14(15)3)32-11-20-9-19(32)12-33-20/h7-8,10,13-15,18-20,28,31H,4-6,9,11-12H2,1-3H3,(H2,29,30)/b17-8-,28-22?/t14-,15+,18+,19-,20-/m0/s1. The first-order valence-corrected chi connectivity index (χ1v) is 11.8. The summed E-state index contributed by atoms with van der Waals surface area (Å²) in [6.45, 7) is 8.19. The zero-order valence-electron chi connectivity index (χ0n) is 19.5. The lowest BCUT2D eigenvalue weighted by Crippen LogP contribution is -2.43. The van der Waals surface area contributed by atoms with Gasteiger partial charge in [0.05, 0.1) is 24.0 Å². The second-order valence-electron chi connectivity index (χ2n) is 10.1. The summed E-state index contributed by atoms with van der Waals surface area (Å²) in [7, 11) is 0. The summed E-state index contributed by atoms with van der Waals surface area (Å²) in [5.74, 6) is 0.419. The Morgan fingerprint density at radius 3 is 2.70 bits per heavy atom. The molecule has 1 aromatic rings. The van der Waals surface area contributed by atoms with Crippen LogP contribution in [-0.2, 0) is 10.9 Å². The quantitative estimate of drug-likeness (QED) is 0.525. The van der Waals surface area contributed by atoms with Crippen LogP contribution in [0, 0.1) is 17.2 Å². The van der Waals surface area contributed by atoms with Crippen LogP contribution in [0.2, 0.25) is 0 Å². The predicted octanol–water partition coefficient (Wildman–Crippen LogP) is 4.21. The van der Waals surface area contributed by atoms with E-state index in [1.807, 2.05) is 13.8 Å². The van der Waals surface area contributed by atoms with Crippen LogP contribution in [0.1, 0.15) is 57.6 Å². The number of nitrogen functional groups attached to an aromatic ring is 1. The molecule has 1 aliphatic carbocycles. The number of ether oxygens (including phenoxy) is 1. The molecule has 0 aromatic carbocycles. The minimum absolute atomic E-state index is 0.00708. The number of aromatic nitrogens is 1. The van der Waals surface area contributed by atoms with Crippen LogP contribution >= 0.6 is 0 Å². The molecule has 6 nitrogen and oxygen atoms in total. The average Bonchev–Trinajstić information content (AvgIpc) is 3.43. The van der Waals surface area contributed by atoms with Crippen molar-refractivity contribution in [1.82, 2.24) is 15.2 Å². The molecule has 2 bridgehead atoms. The minimum Gasteiger partial charge on any atom is -0.386 e. The number of morpholine rings is 1. The van der Waals surface area contributed by atoms with Crippen molar-refractivity contribution >= 4 is 11.5 Å². The fraction of sp³-hybridized carbons (Fsp3) is 0.667. The highest BCUT2D eigenvalue weighted by atomic mass is 19.4. The highest BCUT2D eigenvalue weighted by Crippen LogP contribution is 2.42. The van der Waals surface area contributed by atoms with Gasteiger partial charge in [-0.05, 0) is 63.5 Å². The molecule has 3 fully saturated rings. The van der Waals surface area contributed by atoms with Crippen molar-refractivity contribution in [3.05, 3.63) is 35.2 Å². The summed E-state index contributed by atoms with van der Waals surface area (Å²) in [5, 5.41) is 11.9. The molecule has 3 heterocycles. The summed E-state index contributed by atoms with van der Waals surface area (Å²) in [4.78, 5) is 6.30. The van der Waals surface area contributed by atoms with Gasteiger partial charge in [0.2, 0.25) is 0 Å². The number of pyridine rings is 1. The van der Waals surface area contributed by atoms with Gasteiger partial charge in [0, 0.05) is 42.1 Å². The summed E-state index contributed by atoms with van der Waals surface area (Å²) >= 11 is 0. The number of fused-ring (bicyclic) bond motifs is 2. The topological polar surface area (TPSA) is 87.3 Å². The predicted molar refractivity (Wildman–Crippen MR) is 122 cm³/mol. The number of hydrogen-bond acceptors (Lipinski definition) is 6. The number of alkyl halides is 3. The van der Waals surface area contributed by atoms with Crippen LogP contribution in [0.3, 0.4) is 0 Å². The molecule has 0 amide bonds. The van der Waals surface area contributed by atoms with Crippen LogP contribution in [-0.4, -0.2) is 53.0 Å². The number of nitrogens with zero attached hydrogens (tertiary/aromatic N) is 2.